The second-order valence-corrected chi connectivity index (χ2v) is 4.17. The monoisotopic (exact) mass is 241 g/mol. The summed E-state index contributed by atoms with van der Waals surface area (Å²) < 4.78 is 26.8. The third-order valence-corrected chi connectivity index (χ3v) is 2.80. The average molecular weight is 241 g/mol. The number of hydrogen-bond acceptors (Lipinski definition) is 2. The van der Waals surface area contributed by atoms with Crippen LogP contribution in [0.5, 0.6) is 0 Å². The second kappa shape index (κ2) is 5.87. The van der Waals surface area contributed by atoms with Crippen molar-refractivity contribution in [2.45, 2.75) is 33.2 Å². The average Bonchev–Trinajstić information content (AvgIpc) is 2.32. The van der Waals surface area contributed by atoms with Crippen LogP contribution in [0.15, 0.2) is 12.1 Å². The zero-order valence-electron chi connectivity index (χ0n) is 10.3. The summed E-state index contributed by atoms with van der Waals surface area (Å²) in [4.78, 5) is 11.7. The van der Waals surface area contributed by atoms with E-state index in [1.54, 1.807) is 0 Å². The highest BCUT2D eigenvalue weighted by Crippen LogP contribution is 2.15. The van der Waals surface area contributed by atoms with Crippen LogP contribution in [0.2, 0.25) is 0 Å². The van der Waals surface area contributed by atoms with Gasteiger partial charge in [-0.05, 0) is 31.9 Å². The summed E-state index contributed by atoms with van der Waals surface area (Å²) in [6.07, 6.45) is 0.873. The lowest BCUT2D eigenvalue weighted by Crippen LogP contribution is -2.31. The van der Waals surface area contributed by atoms with Gasteiger partial charge in [0.25, 0.3) is 0 Å². The zero-order valence-corrected chi connectivity index (χ0v) is 10.3. The normalized spacial score (nSPS) is 12.5. The summed E-state index contributed by atoms with van der Waals surface area (Å²) in [6.45, 7) is 5.39. The molecule has 1 unspecified atom stereocenters. The summed E-state index contributed by atoms with van der Waals surface area (Å²) in [5.41, 5.74) is 0.0119. The van der Waals surface area contributed by atoms with Crippen LogP contribution in [0.4, 0.5) is 8.78 Å². The lowest BCUT2D eigenvalue weighted by atomic mass is 10.1. The van der Waals surface area contributed by atoms with Gasteiger partial charge < -0.3 is 5.32 Å². The quantitative estimate of drug-likeness (QED) is 0.803. The first kappa shape index (κ1) is 13.8. The second-order valence-electron chi connectivity index (χ2n) is 4.17. The van der Waals surface area contributed by atoms with Crippen molar-refractivity contribution in [1.29, 1.82) is 0 Å². The summed E-state index contributed by atoms with van der Waals surface area (Å²) >= 11 is 0. The number of ketones is 1. The molecule has 1 aromatic rings. The Kier molecular flexibility index (Phi) is 4.75. The van der Waals surface area contributed by atoms with E-state index >= 15 is 0 Å². The number of aryl methyl sites for hydroxylation is 1. The third kappa shape index (κ3) is 3.33. The van der Waals surface area contributed by atoms with Gasteiger partial charge in [0.15, 0.2) is 17.4 Å². The molecule has 1 rings (SSSR count). The molecule has 2 nitrogen and oxygen atoms in total. The molecule has 0 fully saturated rings. The Balaban J connectivity index is 2.80. The lowest BCUT2D eigenvalue weighted by Gasteiger charge is -2.11. The molecule has 0 aliphatic heterocycles. The van der Waals surface area contributed by atoms with Crippen LogP contribution in [-0.4, -0.2) is 18.4 Å². The molecular weight excluding hydrogens is 224 g/mol. The van der Waals surface area contributed by atoms with E-state index in [0.29, 0.717) is 0 Å². The lowest BCUT2D eigenvalue weighted by molar-refractivity contribution is 0.0982. The molecule has 17 heavy (non-hydrogen) atoms. The first-order valence-electron chi connectivity index (χ1n) is 5.68. The highest BCUT2D eigenvalue weighted by atomic mass is 19.2. The number of hydrogen-bond donors (Lipinski definition) is 1. The number of carbonyl (C=O) groups excluding carboxylic acids is 1. The van der Waals surface area contributed by atoms with Gasteiger partial charge in [-0.1, -0.05) is 13.0 Å². The summed E-state index contributed by atoms with van der Waals surface area (Å²) in [5.74, 6) is -2.43. The zero-order chi connectivity index (χ0) is 13.0. The number of rotatable bonds is 5. The van der Waals surface area contributed by atoms with E-state index in [4.69, 9.17) is 0 Å². The fraction of sp³-hybridized carbons (Fsp3) is 0.462. The maximum Gasteiger partial charge on any atom is 0.179 e. The van der Waals surface area contributed by atoms with Gasteiger partial charge in [-0.25, -0.2) is 8.78 Å². The van der Waals surface area contributed by atoms with E-state index in [-0.39, 0.29) is 23.7 Å². The largest absolute Gasteiger partial charge is 0.307 e. The molecule has 94 valence electrons. The third-order valence-electron chi connectivity index (χ3n) is 2.80. The number of carbonyl (C=O) groups is 1. The van der Waals surface area contributed by atoms with Crippen molar-refractivity contribution in [1.82, 2.24) is 5.32 Å². The number of Topliss-reactive ketones (excluding diaryl/α,β-unsaturated/α-hetero) is 1. The van der Waals surface area contributed by atoms with Gasteiger partial charge >= 0.3 is 0 Å². The molecule has 0 bridgehead atoms. The molecule has 0 saturated carbocycles. The molecule has 1 atom stereocenters. The highest BCUT2D eigenvalue weighted by Gasteiger charge is 2.17. The van der Waals surface area contributed by atoms with Gasteiger partial charge in [-0.15, -0.1) is 0 Å². The highest BCUT2D eigenvalue weighted by molar-refractivity contribution is 5.97. The molecule has 0 aromatic heterocycles. The van der Waals surface area contributed by atoms with Crippen LogP contribution in [0.1, 0.15) is 36.2 Å². The van der Waals surface area contributed by atoms with Gasteiger partial charge in [0, 0.05) is 6.04 Å². The van der Waals surface area contributed by atoms with Crippen molar-refractivity contribution in [2.24, 2.45) is 0 Å². The molecule has 0 spiro atoms. The van der Waals surface area contributed by atoms with Crippen LogP contribution in [0.25, 0.3) is 0 Å². The van der Waals surface area contributed by atoms with Gasteiger partial charge in [0.1, 0.15) is 0 Å². The van der Waals surface area contributed by atoms with Gasteiger partial charge in [0.05, 0.1) is 12.1 Å². The van der Waals surface area contributed by atoms with E-state index in [2.05, 4.69) is 5.32 Å². The summed E-state index contributed by atoms with van der Waals surface area (Å²) in [7, 11) is 0. The SMILES string of the molecule is CCC(C)NCC(=O)c1ccc(C)c(F)c1F. The molecule has 0 amide bonds. The Morgan fingerprint density at radius 1 is 1.35 bits per heavy atom. The van der Waals surface area contributed by atoms with Crippen LogP contribution in [-0.2, 0) is 0 Å². The minimum atomic E-state index is -1.05. The van der Waals surface area contributed by atoms with E-state index in [1.807, 2.05) is 13.8 Å². The summed E-state index contributed by atoms with van der Waals surface area (Å²) in [6, 6.07) is 2.92. The molecule has 0 aliphatic rings. The smallest absolute Gasteiger partial charge is 0.179 e. The number of nitrogens with one attached hydrogen (secondary N) is 1. The first-order valence-corrected chi connectivity index (χ1v) is 5.68. The fourth-order valence-electron chi connectivity index (χ4n) is 1.37. The van der Waals surface area contributed by atoms with Gasteiger partial charge in [-0.3, -0.25) is 4.79 Å². The van der Waals surface area contributed by atoms with Crippen molar-refractivity contribution in [3.8, 4) is 0 Å². The minimum Gasteiger partial charge on any atom is -0.307 e. The van der Waals surface area contributed by atoms with Crippen molar-refractivity contribution in [3.63, 3.8) is 0 Å². The van der Waals surface area contributed by atoms with Gasteiger partial charge in [0.2, 0.25) is 0 Å². The van der Waals surface area contributed by atoms with Crippen LogP contribution in [0.3, 0.4) is 0 Å². The van der Waals surface area contributed by atoms with Gasteiger partial charge in [-0.2, -0.15) is 0 Å². The van der Waals surface area contributed by atoms with E-state index in [1.165, 1.54) is 19.1 Å². The molecule has 1 N–H and O–H groups in total. The molecule has 4 heteroatoms. The Morgan fingerprint density at radius 3 is 2.59 bits per heavy atom. The molecule has 0 aliphatic carbocycles. The van der Waals surface area contributed by atoms with Crippen LogP contribution >= 0.6 is 0 Å². The fourth-order valence-corrected chi connectivity index (χ4v) is 1.37. The van der Waals surface area contributed by atoms with Crippen LogP contribution in [0, 0.1) is 18.6 Å². The molecule has 0 radical (unpaired) electrons. The molecular formula is C13H17F2NO. The Hall–Kier alpha value is -1.29. The standard InChI is InChI=1S/C13H17F2NO/c1-4-9(3)16-7-11(17)10-6-5-8(2)12(14)13(10)15/h5-6,9,16H,4,7H2,1-3H3. The maximum atomic E-state index is 13.5. The Bertz CT molecular complexity index is 418. The molecule has 1 aromatic carbocycles. The van der Waals surface area contributed by atoms with E-state index in [0.717, 1.165) is 6.42 Å². The minimum absolute atomic E-state index is 0.0222. The Morgan fingerprint density at radius 2 is 2.00 bits per heavy atom. The van der Waals surface area contributed by atoms with Crippen LogP contribution < -0.4 is 5.32 Å². The summed E-state index contributed by atoms with van der Waals surface area (Å²) in [5, 5.41) is 2.95. The molecule has 0 heterocycles. The van der Waals surface area contributed by atoms with E-state index in [9.17, 15) is 13.6 Å². The van der Waals surface area contributed by atoms with E-state index < -0.39 is 17.4 Å². The number of benzene rings is 1. The Labute approximate surface area is 100 Å². The van der Waals surface area contributed by atoms with Crippen molar-refractivity contribution < 1.29 is 13.6 Å². The maximum absolute atomic E-state index is 13.5. The molecule has 0 saturated heterocycles. The number of halogens is 2. The first-order chi connectivity index (χ1) is 7.97. The van der Waals surface area contributed by atoms with Crippen molar-refractivity contribution in [2.75, 3.05) is 6.54 Å². The topological polar surface area (TPSA) is 29.1 Å². The van der Waals surface area contributed by atoms with Crippen molar-refractivity contribution in [3.05, 3.63) is 34.9 Å². The predicted octanol–water partition coefficient (Wildman–Crippen LogP) is 2.84. The predicted molar refractivity (Wildman–Crippen MR) is 63.2 cm³/mol. The van der Waals surface area contributed by atoms with Crippen molar-refractivity contribution >= 4 is 5.78 Å².